The van der Waals surface area contributed by atoms with Crippen molar-refractivity contribution in [3.63, 3.8) is 0 Å². The van der Waals surface area contributed by atoms with Gasteiger partial charge in [0, 0.05) is 41.6 Å². The normalized spacial score (nSPS) is 11.5. The maximum Gasteiger partial charge on any atom is 0.319 e. The Labute approximate surface area is 176 Å². The molecular formula is C19H17ClF2N4O3S. The Morgan fingerprint density at radius 2 is 1.77 bits per heavy atom. The lowest BCUT2D eigenvalue weighted by molar-refractivity contribution is 0.0670. The lowest BCUT2D eigenvalue weighted by Crippen LogP contribution is -2.26. The molecule has 0 atom stereocenters. The molecule has 158 valence electrons. The molecule has 1 aromatic heterocycles. The largest absolute Gasteiger partial charge is 0.352 e. The van der Waals surface area contributed by atoms with E-state index < -0.39 is 22.5 Å². The fourth-order valence-electron chi connectivity index (χ4n) is 2.62. The quantitative estimate of drug-likeness (QED) is 0.542. The van der Waals surface area contributed by atoms with Crippen LogP contribution in [0.1, 0.15) is 22.7 Å². The molecule has 0 aliphatic rings. The van der Waals surface area contributed by atoms with Gasteiger partial charge < -0.3 is 5.32 Å². The number of alkyl halides is 2. The molecule has 0 aliphatic heterocycles. The predicted molar refractivity (Wildman–Crippen MR) is 108 cm³/mol. The van der Waals surface area contributed by atoms with Crippen molar-refractivity contribution in [3.8, 4) is 0 Å². The first-order chi connectivity index (χ1) is 14.3. The standard InChI is InChI=1S/C19H17ClF2N4O3S/c20-14-3-5-15(6-4-14)25-30(28,29)16-7-1-13(2-8-16)18(27)24-10-9-17-23-11-12-26(17)19(21)22/h1-8,11-12,19,25H,9-10H2,(H,24,27). The lowest BCUT2D eigenvalue weighted by atomic mass is 10.2. The number of nitrogens with one attached hydrogen (secondary N) is 2. The van der Waals surface area contributed by atoms with Crippen molar-refractivity contribution in [3.05, 3.63) is 77.3 Å². The zero-order valence-corrected chi connectivity index (χ0v) is 17.0. The molecule has 3 aromatic rings. The third-order valence-electron chi connectivity index (χ3n) is 4.12. The van der Waals surface area contributed by atoms with Gasteiger partial charge in [-0.2, -0.15) is 8.78 Å². The molecule has 3 rings (SSSR count). The topological polar surface area (TPSA) is 93.1 Å². The van der Waals surface area contributed by atoms with Gasteiger partial charge in [-0.3, -0.25) is 14.1 Å². The monoisotopic (exact) mass is 454 g/mol. The van der Waals surface area contributed by atoms with Crippen molar-refractivity contribution in [2.75, 3.05) is 11.3 Å². The maximum atomic E-state index is 12.8. The zero-order valence-electron chi connectivity index (χ0n) is 15.4. The molecule has 11 heteroatoms. The highest BCUT2D eigenvalue weighted by atomic mass is 35.5. The second kappa shape index (κ2) is 9.23. The van der Waals surface area contributed by atoms with Crippen LogP contribution in [0, 0.1) is 0 Å². The summed E-state index contributed by atoms with van der Waals surface area (Å²) in [5.74, 6) is -0.306. The van der Waals surface area contributed by atoms with Crippen LogP contribution in [0.25, 0.3) is 0 Å². The van der Waals surface area contributed by atoms with Crippen molar-refractivity contribution >= 4 is 33.2 Å². The Kier molecular flexibility index (Phi) is 6.68. The first-order valence-electron chi connectivity index (χ1n) is 8.73. The molecule has 7 nitrogen and oxygen atoms in total. The van der Waals surface area contributed by atoms with Crippen LogP contribution >= 0.6 is 11.6 Å². The van der Waals surface area contributed by atoms with Gasteiger partial charge in [-0.05, 0) is 48.5 Å². The number of aromatic nitrogens is 2. The molecule has 0 radical (unpaired) electrons. The Morgan fingerprint density at radius 1 is 1.10 bits per heavy atom. The molecule has 0 unspecified atom stereocenters. The van der Waals surface area contributed by atoms with Crippen LogP contribution in [0.3, 0.4) is 0 Å². The van der Waals surface area contributed by atoms with Crippen LogP contribution in [0.4, 0.5) is 14.5 Å². The summed E-state index contributed by atoms with van der Waals surface area (Å²) in [7, 11) is -3.83. The molecule has 2 aromatic carbocycles. The highest BCUT2D eigenvalue weighted by Crippen LogP contribution is 2.19. The number of carbonyl (C=O) groups excluding carboxylic acids is 1. The number of nitrogens with zero attached hydrogens (tertiary/aromatic N) is 2. The van der Waals surface area contributed by atoms with Crippen molar-refractivity contribution in [2.24, 2.45) is 0 Å². The van der Waals surface area contributed by atoms with Gasteiger partial charge in [0.2, 0.25) is 0 Å². The molecule has 0 bridgehead atoms. The molecule has 0 spiro atoms. The summed E-state index contributed by atoms with van der Waals surface area (Å²) >= 11 is 5.78. The summed E-state index contributed by atoms with van der Waals surface area (Å²) in [6, 6.07) is 11.5. The number of hydrogen-bond acceptors (Lipinski definition) is 4. The van der Waals surface area contributed by atoms with E-state index >= 15 is 0 Å². The first kappa shape index (κ1) is 21.7. The van der Waals surface area contributed by atoms with E-state index in [1.165, 1.54) is 48.8 Å². The minimum absolute atomic E-state index is 0.0204. The Morgan fingerprint density at radius 3 is 2.40 bits per heavy atom. The second-order valence-electron chi connectivity index (χ2n) is 6.17. The Bertz CT molecular complexity index is 1120. The summed E-state index contributed by atoms with van der Waals surface area (Å²) in [5.41, 5.74) is 0.584. The van der Waals surface area contributed by atoms with Crippen molar-refractivity contribution in [1.82, 2.24) is 14.9 Å². The Balaban J connectivity index is 1.59. The van der Waals surface area contributed by atoms with Crippen LogP contribution in [-0.4, -0.2) is 30.4 Å². The van der Waals surface area contributed by atoms with Gasteiger partial charge >= 0.3 is 6.55 Å². The second-order valence-corrected chi connectivity index (χ2v) is 8.29. The summed E-state index contributed by atoms with van der Waals surface area (Å²) < 4.78 is 53.6. The molecule has 0 saturated heterocycles. The number of anilines is 1. The minimum atomic E-state index is -3.83. The van der Waals surface area contributed by atoms with Crippen molar-refractivity contribution in [1.29, 1.82) is 0 Å². The summed E-state index contributed by atoms with van der Waals surface area (Å²) in [4.78, 5) is 16.0. The molecule has 1 amide bonds. The third kappa shape index (κ3) is 5.33. The maximum absolute atomic E-state index is 12.8. The van der Waals surface area contributed by atoms with E-state index in [1.54, 1.807) is 12.1 Å². The van der Waals surface area contributed by atoms with E-state index in [0.717, 1.165) is 4.57 Å². The average Bonchev–Trinajstić information content (AvgIpc) is 3.18. The number of amides is 1. The smallest absolute Gasteiger partial charge is 0.319 e. The molecule has 30 heavy (non-hydrogen) atoms. The minimum Gasteiger partial charge on any atom is -0.352 e. The van der Waals surface area contributed by atoms with Gasteiger partial charge in [-0.25, -0.2) is 13.4 Å². The molecule has 1 heterocycles. The van der Waals surface area contributed by atoms with Crippen LogP contribution in [-0.2, 0) is 16.4 Å². The number of benzene rings is 2. The van der Waals surface area contributed by atoms with Crippen LogP contribution in [0.15, 0.2) is 65.8 Å². The number of carbonyl (C=O) groups is 1. The van der Waals surface area contributed by atoms with E-state index in [2.05, 4.69) is 15.0 Å². The first-order valence-corrected chi connectivity index (χ1v) is 10.6. The molecule has 0 aliphatic carbocycles. The predicted octanol–water partition coefficient (Wildman–Crippen LogP) is 3.70. The van der Waals surface area contributed by atoms with Gasteiger partial charge in [0.1, 0.15) is 5.82 Å². The Hall–Kier alpha value is -2.98. The van der Waals surface area contributed by atoms with Crippen LogP contribution < -0.4 is 10.0 Å². The van der Waals surface area contributed by atoms with Gasteiger partial charge in [0.05, 0.1) is 4.90 Å². The number of halogens is 3. The highest BCUT2D eigenvalue weighted by molar-refractivity contribution is 7.92. The van der Waals surface area contributed by atoms with E-state index in [4.69, 9.17) is 11.6 Å². The number of sulfonamides is 1. The molecule has 2 N–H and O–H groups in total. The fourth-order valence-corrected chi connectivity index (χ4v) is 3.81. The van der Waals surface area contributed by atoms with Gasteiger partial charge in [-0.1, -0.05) is 11.6 Å². The van der Waals surface area contributed by atoms with E-state index in [1.807, 2.05) is 0 Å². The fraction of sp³-hybridized carbons (Fsp3) is 0.158. The van der Waals surface area contributed by atoms with Gasteiger partial charge in [0.25, 0.3) is 15.9 Å². The molecule has 0 fully saturated rings. The summed E-state index contributed by atoms with van der Waals surface area (Å²) in [5, 5.41) is 3.07. The van der Waals surface area contributed by atoms with Crippen LogP contribution in [0.5, 0.6) is 0 Å². The average molecular weight is 455 g/mol. The number of imidazole rings is 1. The lowest BCUT2D eigenvalue weighted by Gasteiger charge is -2.10. The number of rotatable bonds is 8. The summed E-state index contributed by atoms with van der Waals surface area (Å²) in [6.07, 6.45) is 2.56. The van der Waals surface area contributed by atoms with E-state index in [-0.39, 0.29) is 29.2 Å². The summed E-state index contributed by atoms with van der Waals surface area (Å²) in [6.45, 7) is -2.60. The van der Waals surface area contributed by atoms with Crippen molar-refractivity contribution < 1.29 is 22.0 Å². The third-order valence-corrected chi connectivity index (χ3v) is 5.77. The van der Waals surface area contributed by atoms with Gasteiger partial charge in [0.15, 0.2) is 0 Å². The zero-order chi connectivity index (χ0) is 21.7. The molecular weight excluding hydrogens is 438 g/mol. The number of hydrogen-bond donors (Lipinski definition) is 2. The SMILES string of the molecule is O=C(NCCc1nccn1C(F)F)c1ccc(S(=O)(=O)Nc2ccc(Cl)cc2)cc1. The van der Waals surface area contributed by atoms with Crippen molar-refractivity contribution in [2.45, 2.75) is 17.9 Å². The molecule has 0 saturated carbocycles. The van der Waals surface area contributed by atoms with Gasteiger partial charge in [-0.15, -0.1) is 0 Å². The highest BCUT2D eigenvalue weighted by Gasteiger charge is 2.16. The van der Waals surface area contributed by atoms with E-state index in [9.17, 15) is 22.0 Å². The van der Waals surface area contributed by atoms with E-state index in [0.29, 0.717) is 10.7 Å². The van der Waals surface area contributed by atoms with Crippen LogP contribution in [0.2, 0.25) is 5.02 Å².